The molecule has 2 amide bonds. The molecule has 0 bridgehead atoms. The van der Waals surface area contributed by atoms with Crippen LogP contribution in [0, 0.1) is 0 Å². The number of aromatic amines is 1. The minimum absolute atomic E-state index is 0.102. The lowest BCUT2D eigenvalue weighted by Gasteiger charge is -2.28. The van der Waals surface area contributed by atoms with E-state index >= 15 is 0 Å². The Bertz CT molecular complexity index is 1470. The monoisotopic (exact) mass is 497 g/mol. The van der Waals surface area contributed by atoms with Crippen LogP contribution in [0.2, 0.25) is 0 Å². The van der Waals surface area contributed by atoms with Crippen LogP contribution in [0.1, 0.15) is 52.1 Å². The molecule has 3 heterocycles. The van der Waals surface area contributed by atoms with Crippen LogP contribution in [0.15, 0.2) is 54.7 Å². The summed E-state index contributed by atoms with van der Waals surface area (Å²) < 4.78 is 7.30. The fourth-order valence-electron chi connectivity index (χ4n) is 5.18. The molecule has 190 valence electrons. The molecule has 2 aromatic heterocycles. The number of aryl methyl sites for hydroxylation is 1. The number of hydrogen-bond donors (Lipinski definition) is 2. The molecule has 0 radical (unpaired) electrons. The van der Waals surface area contributed by atoms with Gasteiger partial charge in [-0.3, -0.25) is 14.3 Å². The highest BCUT2D eigenvalue weighted by Gasteiger charge is 2.32. The van der Waals surface area contributed by atoms with Gasteiger partial charge in [0.15, 0.2) is 5.69 Å². The first-order valence-corrected chi connectivity index (χ1v) is 12.9. The Kier molecular flexibility index (Phi) is 6.16. The van der Waals surface area contributed by atoms with Gasteiger partial charge in [-0.25, -0.2) is 0 Å². The van der Waals surface area contributed by atoms with Gasteiger partial charge in [-0.15, -0.1) is 0 Å². The van der Waals surface area contributed by atoms with E-state index in [-0.39, 0.29) is 17.9 Å². The van der Waals surface area contributed by atoms with Gasteiger partial charge < -0.3 is 19.9 Å². The van der Waals surface area contributed by atoms with E-state index in [1.165, 1.54) is 0 Å². The number of carbonyl (C=O) groups excluding carboxylic acids is 2. The Balaban J connectivity index is 1.21. The van der Waals surface area contributed by atoms with Crippen LogP contribution < -0.4 is 10.1 Å². The lowest BCUT2D eigenvalue weighted by atomic mass is 10.0. The van der Waals surface area contributed by atoms with Crippen LogP contribution in [-0.4, -0.2) is 51.2 Å². The summed E-state index contributed by atoms with van der Waals surface area (Å²) in [4.78, 5) is 31.5. The van der Waals surface area contributed by atoms with Crippen LogP contribution in [0.5, 0.6) is 5.75 Å². The van der Waals surface area contributed by atoms with Crippen LogP contribution in [0.4, 0.5) is 0 Å². The maximum Gasteiger partial charge on any atom is 0.272 e. The minimum atomic E-state index is -0.142. The van der Waals surface area contributed by atoms with Crippen LogP contribution >= 0.6 is 0 Å². The van der Waals surface area contributed by atoms with Gasteiger partial charge in [0.25, 0.3) is 5.91 Å². The molecule has 0 saturated heterocycles. The topological polar surface area (TPSA) is 92.2 Å². The molecule has 1 fully saturated rings. The smallest absolute Gasteiger partial charge is 0.272 e. The Morgan fingerprint density at radius 2 is 2.03 bits per heavy atom. The van der Waals surface area contributed by atoms with Gasteiger partial charge in [0.2, 0.25) is 5.91 Å². The van der Waals surface area contributed by atoms with Crippen molar-refractivity contribution in [2.24, 2.45) is 0 Å². The van der Waals surface area contributed by atoms with Crippen molar-refractivity contribution in [3.8, 4) is 5.75 Å². The molecule has 2 aliphatic rings. The first-order chi connectivity index (χ1) is 18.1. The minimum Gasteiger partial charge on any atom is -0.497 e. The maximum absolute atomic E-state index is 13.3. The number of para-hydroxylation sites is 1. The summed E-state index contributed by atoms with van der Waals surface area (Å²) >= 11 is 0. The standard InChI is InChI=1S/C29H31N5O3/c1-37-22-6-4-5-19(15-22)17-34-26-13-14-33(18-24(26)28(32-34)29(36)31-21-10-11-21)27(35)12-9-20-16-30-25-8-3-2-7-23(20)25/h2-8,15-16,21,30H,9-14,17-18H2,1H3,(H,31,36). The van der Waals surface area contributed by atoms with Crippen LogP contribution in [-0.2, 0) is 30.7 Å². The van der Waals surface area contributed by atoms with Gasteiger partial charge in [0.1, 0.15) is 5.75 Å². The van der Waals surface area contributed by atoms with Crippen molar-refractivity contribution >= 4 is 22.7 Å². The number of ether oxygens (including phenoxy) is 1. The van der Waals surface area contributed by atoms with E-state index in [0.717, 1.165) is 51.9 Å². The van der Waals surface area contributed by atoms with Crippen molar-refractivity contribution < 1.29 is 14.3 Å². The molecule has 0 atom stereocenters. The van der Waals surface area contributed by atoms with E-state index in [9.17, 15) is 9.59 Å². The molecule has 2 aromatic carbocycles. The molecule has 8 nitrogen and oxygen atoms in total. The number of methoxy groups -OCH3 is 1. The summed E-state index contributed by atoms with van der Waals surface area (Å²) in [6, 6.07) is 16.3. The second-order valence-electron chi connectivity index (χ2n) is 9.96. The molecule has 37 heavy (non-hydrogen) atoms. The molecular formula is C29H31N5O3. The van der Waals surface area contributed by atoms with Crippen molar-refractivity contribution in [2.75, 3.05) is 13.7 Å². The predicted octanol–water partition coefficient (Wildman–Crippen LogP) is 3.83. The number of aromatic nitrogens is 3. The number of rotatable bonds is 8. The molecule has 1 saturated carbocycles. The lowest BCUT2D eigenvalue weighted by molar-refractivity contribution is -0.132. The van der Waals surface area contributed by atoms with Crippen LogP contribution in [0.25, 0.3) is 10.9 Å². The fourth-order valence-corrected chi connectivity index (χ4v) is 5.18. The van der Waals surface area contributed by atoms with Gasteiger partial charge in [0, 0.05) is 60.3 Å². The number of H-pyrrole nitrogens is 1. The second-order valence-corrected chi connectivity index (χ2v) is 9.96. The molecule has 0 spiro atoms. The number of benzene rings is 2. The Morgan fingerprint density at radius 3 is 2.86 bits per heavy atom. The molecule has 1 aliphatic carbocycles. The number of nitrogens with one attached hydrogen (secondary N) is 2. The van der Waals surface area contributed by atoms with Gasteiger partial charge in [0.05, 0.1) is 13.7 Å². The second kappa shape index (κ2) is 9.76. The van der Waals surface area contributed by atoms with E-state index in [1.807, 2.05) is 58.2 Å². The number of carbonyl (C=O) groups is 2. The van der Waals surface area contributed by atoms with Crippen molar-refractivity contribution in [1.82, 2.24) is 25.0 Å². The molecular weight excluding hydrogens is 466 g/mol. The molecule has 2 N–H and O–H groups in total. The highest BCUT2D eigenvalue weighted by Crippen LogP contribution is 2.27. The van der Waals surface area contributed by atoms with E-state index in [4.69, 9.17) is 9.84 Å². The first-order valence-electron chi connectivity index (χ1n) is 12.9. The van der Waals surface area contributed by atoms with Crippen LogP contribution in [0.3, 0.4) is 0 Å². The van der Waals surface area contributed by atoms with E-state index in [2.05, 4.69) is 16.4 Å². The zero-order valence-electron chi connectivity index (χ0n) is 21.0. The third-order valence-corrected chi connectivity index (χ3v) is 7.36. The number of hydrogen-bond acceptors (Lipinski definition) is 4. The van der Waals surface area contributed by atoms with Crippen molar-refractivity contribution in [3.05, 3.63) is 82.8 Å². The van der Waals surface area contributed by atoms with Crippen molar-refractivity contribution in [2.45, 2.75) is 51.2 Å². The van der Waals surface area contributed by atoms with E-state index in [1.54, 1.807) is 7.11 Å². The van der Waals surface area contributed by atoms with Gasteiger partial charge in [-0.1, -0.05) is 30.3 Å². The van der Waals surface area contributed by atoms with Crippen molar-refractivity contribution in [3.63, 3.8) is 0 Å². The zero-order valence-corrected chi connectivity index (χ0v) is 21.0. The highest BCUT2D eigenvalue weighted by atomic mass is 16.5. The highest BCUT2D eigenvalue weighted by molar-refractivity contribution is 5.94. The normalized spacial score (nSPS) is 15.0. The number of nitrogens with zero attached hydrogens (tertiary/aromatic N) is 3. The average Bonchev–Trinajstić information content (AvgIpc) is 3.53. The molecule has 0 unspecified atom stereocenters. The van der Waals surface area contributed by atoms with Gasteiger partial charge >= 0.3 is 0 Å². The van der Waals surface area contributed by atoms with Gasteiger partial charge in [-0.05, 0) is 48.6 Å². The summed E-state index contributed by atoms with van der Waals surface area (Å²) in [6.45, 7) is 1.57. The van der Waals surface area contributed by atoms with E-state index < -0.39 is 0 Å². The first kappa shape index (κ1) is 23.3. The Labute approximate surface area is 215 Å². The predicted molar refractivity (Wildman–Crippen MR) is 141 cm³/mol. The Hall–Kier alpha value is -4.07. The molecule has 1 aliphatic heterocycles. The fraction of sp³-hybridized carbons (Fsp3) is 0.345. The summed E-state index contributed by atoms with van der Waals surface area (Å²) in [5.41, 5.74) is 5.63. The lowest BCUT2D eigenvalue weighted by Crippen LogP contribution is -2.37. The van der Waals surface area contributed by atoms with E-state index in [0.29, 0.717) is 44.6 Å². The quantitative estimate of drug-likeness (QED) is 0.387. The summed E-state index contributed by atoms with van der Waals surface area (Å²) in [5.74, 6) is 0.749. The van der Waals surface area contributed by atoms with Crippen molar-refractivity contribution in [1.29, 1.82) is 0 Å². The third kappa shape index (κ3) is 4.83. The largest absolute Gasteiger partial charge is 0.497 e. The summed E-state index contributed by atoms with van der Waals surface area (Å²) in [7, 11) is 1.65. The molecule has 8 heteroatoms. The Morgan fingerprint density at radius 1 is 1.16 bits per heavy atom. The molecule has 6 rings (SSSR count). The number of fused-ring (bicyclic) bond motifs is 2. The third-order valence-electron chi connectivity index (χ3n) is 7.36. The molecule has 4 aromatic rings. The summed E-state index contributed by atoms with van der Waals surface area (Å²) in [5, 5.41) is 9.00. The SMILES string of the molecule is COc1cccc(Cn2nc(C(=O)NC3CC3)c3c2CCN(C(=O)CCc2c[nH]c4ccccc24)C3)c1. The summed E-state index contributed by atoms with van der Waals surface area (Å²) in [6.07, 6.45) is 5.79. The zero-order chi connectivity index (χ0) is 25.4. The average molecular weight is 498 g/mol. The maximum atomic E-state index is 13.3. The number of amides is 2. The van der Waals surface area contributed by atoms with Gasteiger partial charge in [-0.2, -0.15) is 5.10 Å².